The summed E-state index contributed by atoms with van der Waals surface area (Å²) in [6.45, 7) is 2.57. The minimum Gasteiger partial charge on any atom is -0.492 e. The predicted octanol–water partition coefficient (Wildman–Crippen LogP) is 3.25. The number of hydrogen-bond donors (Lipinski definition) is 2. The van der Waals surface area contributed by atoms with Crippen molar-refractivity contribution in [2.24, 2.45) is 5.84 Å². The van der Waals surface area contributed by atoms with E-state index in [1.807, 2.05) is 31.3 Å². The molecule has 5 heteroatoms. The largest absolute Gasteiger partial charge is 0.492 e. The first kappa shape index (κ1) is 14.0. The van der Waals surface area contributed by atoms with Gasteiger partial charge in [0.25, 0.3) is 0 Å². The van der Waals surface area contributed by atoms with E-state index in [4.69, 9.17) is 10.6 Å². The lowest BCUT2D eigenvalue weighted by atomic mass is 10.00. The Morgan fingerprint density at radius 3 is 3.00 bits per heavy atom. The average Bonchev–Trinajstić information content (AvgIpc) is 2.93. The maximum atomic E-state index is 5.80. The number of rotatable bonds is 5. The molecule has 0 aliphatic carbocycles. The van der Waals surface area contributed by atoms with Crippen molar-refractivity contribution in [3.05, 3.63) is 59.2 Å². The number of fused-ring (bicyclic) bond motifs is 1. The molecule has 0 radical (unpaired) electrons. The first-order valence-corrected chi connectivity index (χ1v) is 7.71. The second-order valence-electron chi connectivity index (χ2n) is 4.67. The second-order valence-corrected chi connectivity index (χ2v) is 5.59. The van der Waals surface area contributed by atoms with E-state index < -0.39 is 0 Å². The molecule has 0 bridgehead atoms. The number of nitrogens with zero attached hydrogens (tertiary/aromatic N) is 1. The van der Waals surface area contributed by atoms with Gasteiger partial charge in [0, 0.05) is 10.9 Å². The van der Waals surface area contributed by atoms with Gasteiger partial charge < -0.3 is 4.74 Å². The number of pyridine rings is 1. The van der Waals surface area contributed by atoms with Crippen LogP contribution in [0.5, 0.6) is 5.75 Å². The summed E-state index contributed by atoms with van der Waals surface area (Å²) in [7, 11) is 0. The zero-order valence-corrected chi connectivity index (χ0v) is 12.6. The lowest BCUT2D eigenvalue weighted by Crippen LogP contribution is -2.28. The third kappa shape index (κ3) is 2.76. The Morgan fingerprint density at radius 1 is 1.33 bits per heavy atom. The highest BCUT2D eigenvalue weighted by atomic mass is 32.1. The molecule has 0 aliphatic rings. The predicted molar refractivity (Wildman–Crippen MR) is 86.4 cm³/mol. The van der Waals surface area contributed by atoms with Gasteiger partial charge in [0.15, 0.2) is 0 Å². The number of ether oxygens (including phenoxy) is 1. The lowest BCUT2D eigenvalue weighted by Gasteiger charge is -2.16. The van der Waals surface area contributed by atoms with Gasteiger partial charge in [-0.05, 0) is 40.9 Å². The molecule has 0 saturated heterocycles. The molecule has 3 rings (SSSR count). The molecule has 0 fully saturated rings. The van der Waals surface area contributed by atoms with E-state index in [1.54, 1.807) is 17.5 Å². The van der Waals surface area contributed by atoms with Crippen LogP contribution in [0.15, 0.2) is 48.1 Å². The monoisotopic (exact) mass is 299 g/mol. The van der Waals surface area contributed by atoms with Crippen molar-refractivity contribution < 1.29 is 4.74 Å². The van der Waals surface area contributed by atoms with Gasteiger partial charge in [0.1, 0.15) is 5.75 Å². The molecule has 3 N–H and O–H groups in total. The zero-order chi connectivity index (χ0) is 14.7. The molecule has 108 valence electrons. The Bertz CT molecular complexity index is 741. The summed E-state index contributed by atoms with van der Waals surface area (Å²) in [4.78, 5) is 4.24. The van der Waals surface area contributed by atoms with E-state index in [2.05, 4.69) is 27.9 Å². The quantitative estimate of drug-likeness (QED) is 0.561. The first-order chi connectivity index (χ1) is 10.3. The summed E-state index contributed by atoms with van der Waals surface area (Å²) in [5.74, 6) is 6.56. The summed E-state index contributed by atoms with van der Waals surface area (Å²) < 4.78 is 6.77. The third-order valence-corrected chi connectivity index (χ3v) is 4.35. The van der Waals surface area contributed by atoms with Gasteiger partial charge in [0.2, 0.25) is 0 Å². The van der Waals surface area contributed by atoms with Crippen LogP contribution in [0.3, 0.4) is 0 Å². The molecule has 1 atom stereocenters. The molecule has 2 heterocycles. The molecular weight excluding hydrogens is 282 g/mol. The molecule has 4 nitrogen and oxygen atoms in total. The zero-order valence-electron chi connectivity index (χ0n) is 11.7. The highest BCUT2D eigenvalue weighted by Crippen LogP contribution is 2.33. The fourth-order valence-electron chi connectivity index (χ4n) is 2.43. The number of aromatic nitrogens is 1. The molecule has 0 aliphatic heterocycles. The van der Waals surface area contributed by atoms with Gasteiger partial charge in [-0.25, -0.2) is 5.43 Å². The number of hydrogen-bond acceptors (Lipinski definition) is 5. The topological polar surface area (TPSA) is 60.2 Å². The molecule has 1 unspecified atom stereocenters. The Balaban J connectivity index is 2.03. The number of nitrogens with two attached hydrogens (primary N) is 1. The third-order valence-electron chi connectivity index (χ3n) is 3.37. The van der Waals surface area contributed by atoms with E-state index in [1.165, 1.54) is 10.1 Å². The summed E-state index contributed by atoms with van der Waals surface area (Å²) in [5, 5.41) is 3.36. The summed E-state index contributed by atoms with van der Waals surface area (Å²) in [6, 6.07) is 10.2. The Morgan fingerprint density at radius 2 is 2.19 bits per heavy atom. The number of hydrazine groups is 1. The van der Waals surface area contributed by atoms with Crippen molar-refractivity contribution in [1.82, 2.24) is 10.4 Å². The van der Waals surface area contributed by atoms with Gasteiger partial charge in [-0.2, -0.15) is 0 Å². The number of nitrogens with one attached hydrogen (secondary N) is 1. The molecule has 21 heavy (non-hydrogen) atoms. The van der Waals surface area contributed by atoms with Crippen molar-refractivity contribution in [3.63, 3.8) is 0 Å². The molecule has 0 spiro atoms. The molecule has 3 aromatic rings. The van der Waals surface area contributed by atoms with Gasteiger partial charge in [-0.15, -0.1) is 11.3 Å². The Kier molecular flexibility index (Phi) is 4.15. The lowest BCUT2D eigenvalue weighted by molar-refractivity contribution is 0.338. The summed E-state index contributed by atoms with van der Waals surface area (Å²) in [5.41, 5.74) is 5.05. The van der Waals surface area contributed by atoms with Gasteiger partial charge in [-0.3, -0.25) is 10.8 Å². The highest BCUT2D eigenvalue weighted by Gasteiger charge is 2.17. The van der Waals surface area contributed by atoms with Crippen LogP contribution in [0.2, 0.25) is 0 Å². The Labute approximate surface area is 127 Å². The smallest absolute Gasteiger partial charge is 0.137 e. The van der Waals surface area contributed by atoms with Crippen LogP contribution >= 0.6 is 11.3 Å². The van der Waals surface area contributed by atoms with Crippen LogP contribution < -0.4 is 16.0 Å². The molecule has 1 aromatic carbocycles. The van der Waals surface area contributed by atoms with Crippen molar-refractivity contribution in [3.8, 4) is 5.75 Å². The van der Waals surface area contributed by atoms with Gasteiger partial charge >= 0.3 is 0 Å². The van der Waals surface area contributed by atoms with Crippen molar-refractivity contribution in [2.45, 2.75) is 13.0 Å². The number of benzene rings is 1. The fourth-order valence-corrected chi connectivity index (χ4v) is 3.41. The van der Waals surface area contributed by atoms with Crippen LogP contribution in [-0.4, -0.2) is 11.6 Å². The highest BCUT2D eigenvalue weighted by molar-refractivity contribution is 7.17. The average molecular weight is 299 g/mol. The van der Waals surface area contributed by atoms with E-state index in [0.29, 0.717) is 6.61 Å². The minimum atomic E-state index is -0.103. The van der Waals surface area contributed by atoms with Crippen molar-refractivity contribution in [2.75, 3.05) is 6.61 Å². The number of thiophene rings is 1. The fraction of sp³-hybridized carbons (Fsp3) is 0.188. The van der Waals surface area contributed by atoms with Crippen LogP contribution in [0, 0.1) is 0 Å². The normalized spacial score (nSPS) is 12.5. The van der Waals surface area contributed by atoms with E-state index in [-0.39, 0.29) is 6.04 Å². The van der Waals surface area contributed by atoms with Gasteiger partial charge in [0.05, 0.1) is 18.8 Å². The maximum Gasteiger partial charge on any atom is 0.137 e. The van der Waals surface area contributed by atoms with Crippen molar-refractivity contribution >= 4 is 21.4 Å². The molecule has 0 saturated carbocycles. The summed E-state index contributed by atoms with van der Waals surface area (Å²) in [6.07, 6.45) is 3.53. The van der Waals surface area contributed by atoms with Crippen LogP contribution in [0.25, 0.3) is 10.1 Å². The summed E-state index contributed by atoms with van der Waals surface area (Å²) >= 11 is 1.72. The van der Waals surface area contributed by atoms with E-state index in [9.17, 15) is 0 Å². The first-order valence-electron chi connectivity index (χ1n) is 6.83. The van der Waals surface area contributed by atoms with Crippen LogP contribution in [0.4, 0.5) is 0 Å². The Hall–Kier alpha value is -1.95. The standard InChI is InChI=1S/C16H17N3OS/c1-2-20-12-7-11(8-18-9-12)16(19-17)14-10-21-15-6-4-3-5-13(14)15/h3-10,16,19H,2,17H2,1H3. The molecule has 2 aromatic heterocycles. The molecular formula is C16H17N3OS. The maximum absolute atomic E-state index is 5.80. The van der Waals surface area contributed by atoms with E-state index >= 15 is 0 Å². The van der Waals surface area contributed by atoms with Crippen molar-refractivity contribution in [1.29, 1.82) is 0 Å². The SMILES string of the molecule is CCOc1cncc(C(NN)c2csc3ccccc23)c1. The van der Waals surface area contributed by atoms with Gasteiger partial charge in [-0.1, -0.05) is 18.2 Å². The van der Waals surface area contributed by atoms with Crippen LogP contribution in [0.1, 0.15) is 24.1 Å². The second kappa shape index (κ2) is 6.22. The van der Waals surface area contributed by atoms with E-state index in [0.717, 1.165) is 16.9 Å². The minimum absolute atomic E-state index is 0.103. The van der Waals surface area contributed by atoms with Crippen LogP contribution in [-0.2, 0) is 0 Å². The molecule has 0 amide bonds.